The van der Waals surface area contributed by atoms with Gasteiger partial charge in [0.25, 0.3) is 5.56 Å². The molecule has 9 heteroatoms. The van der Waals surface area contributed by atoms with Crippen molar-refractivity contribution in [2.24, 2.45) is 0 Å². The maximum absolute atomic E-state index is 13.6. The molecular formula is C21H19FN6O2. The SMILES string of the molecule is O=c1[nH]nc2c3c(cccc13)NCC(c1ccc(F)cc1)C2c1ncnn1CCO. The molecular weight excluding hydrogens is 387 g/mol. The molecule has 5 rings (SSSR count). The minimum atomic E-state index is -0.375. The first-order valence-electron chi connectivity index (χ1n) is 9.66. The molecule has 8 nitrogen and oxygen atoms in total. The average molecular weight is 406 g/mol. The van der Waals surface area contributed by atoms with Gasteiger partial charge in [0.05, 0.1) is 30.1 Å². The van der Waals surface area contributed by atoms with Gasteiger partial charge in [0.15, 0.2) is 0 Å². The van der Waals surface area contributed by atoms with E-state index in [1.807, 2.05) is 12.1 Å². The minimum Gasteiger partial charge on any atom is -0.394 e. The summed E-state index contributed by atoms with van der Waals surface area (Å²) in [7, 11) is 0. The van der Waals surface area contributed by atoms with Gasteiger partial charge in [0.1, 0.15) is 18.0 Å². The number of benzene rings is 2. The van der Waals surface area contributed by atoms with Gasteiger partial charge in [-0.25, -0.2) is 19.2 Å². The Bertz CT molecular complexity index is 1270. The van der Waals surface area contributed by atoms with Crippen molar-refractivity contribution < 1.29 is 9.50 Å². The summed E-state index contributed by atoms with van der Waals surface area (Å²) in [5, 5.41) is 25.5. The Morgan fingerprint density at radius 2 is 2.03 bits per heavy atom. The number of aromatic nitrogens is 5. The lowest BCUT2D eigenvalue weighted by Gasteiger charge is -2.25. The van der Waals surface area contributed by atoms with Crippen LogP contribution < -0.4 is 10.9 Å². The molecule has 0 bridgehead atoms. The van der Waals surface area contributed by atoms with Gasteiger partial charge in [-0.2, -0.15) is 10.2 Å². The van der Waals surface area contributed by atoms with Gasteiger partial charge in [-0.05, 0) is 29.8 Å². The van der Waals surface area contributed by atoms with E-state index >= 15 is 0 Å². The van der Waals surface area contributed by atoms with E-state index in [-0.39, 0.29) is 36.4 Å². The second-order valence-electron chi connectivity index (χ2n) is 7.25. The maximum Gasteiger partial charge on any atom is 0.272 e. The minimum absolute atomic E-state index is 0.0897. The number of hydrogen-bond acceptors (Lipinski definition) is 6. The smallest absolute Gasteiger partial charge is 0.272 e. The van der Waals surface area contributed by atoms with Crippen molar-refractivity contribution in [1.82, 2.24) is 25.0 Å². The molecule has 2 aromatic carbocycles. The number of aromatic amines is 1. The molecule has 0 fully saturated rings. The second kappa shape index (κ2) is 7.34. The first-order valence-corrected chi connectivity index (χ1v) is 9.66. The Kier molecular flexibility index (Phi) is 4.51. The molecule has 0 aliphatic carbocycles. The van der Waals surface area contributed by atoms with Gasteiger partial charge in [0, 0.05) is 23.5 Å². The Morgan fingerprint density at radius 3 is 2.83 bits per heavy atom. The van der Waals surface area contributed by atoms with Gasteiger partial charge in [-0.1, -0.05) is 18.2 Å². The zero-order valence-corrected chi connectivity index (χ0v) is 15.9. The molecule has 152 valence electrons. The van der Waals surface area contributed by atoms with Crippen LogP contribution in [0.4, 0.5) is 10.1 Å². The number of aliphatic hydroxyl groups is 1. The number of nitrogens with zero attached hydrogens (tertiary/aromatic N) is 4. The fraction of sp³-hybridized carbons (Fsp3) is 0.238. The van der Waals surface area contributed by atoms with Crippen molar-refractivity contribution in [2.75, 3.05) is 18.5 Å². The third-order valence-corrected chi connectivity index (χ3v) is 5.59. The largest absolute Gasteiger partial charge is 0.394 e. The number of halogens is 1. The monoisotopic (exact) mass is 406 g/mol. The summed E-state index contributed by atoms with van der Waals surface area (Å²) < 4.78 is 15.2. The molecule has 2 unspecified atom stereocenters. The van der Waals surface area contributed by atoms with Crippen molar-refractivity contribution in [3.63, 3.8) is 0 Å². The zero-order chi connectivity index (χ0) is 20.7. The van der Waals surface area contributed by atoms with Gasteiger partial charge in [-0.3, -0.25) is 4.79 Å². The maximum atomic E-state index is 13.6. The van der Waals surface area contributed by atoms with E-state index < -0.39 is 0 Å². The first-order chi connectivity index (χ1) is 14.7. The fourth-order valence-electron chi connectivity index (χ4n) is 4.25. The van der Waals surface area contributed by atoms with E-state index in [0.29, 0.717) is 23.4 Å². The highest BCUT2D eigenvalue weighted by atomic mass is 19.1. The van der Waals surface area contributed by atoms with Crippen LogP contribution in [0.2, 0.25) is 0 Å². The first kappa shape index (κ1) is 18.4. The number of anilines is 1. The Morgan fingerprint density at radius 1 is 1.20 bits per heavy atom. The van der Waals surface area contributed by atoms with E-state index in [2.05, 4.69) is 25.6 Å². The number of nitrogens with one attached hydrogen (secondary N) is 2. The van der Waals surface area contributed by atoms with Crippen LogP contribution >= 0.6 is 0 Å². The van der Waals surface area contributed by atoms with Crippen LogP contribution in [0.1, 0.15) is 28.9 Å². The summed E-state index contributed by atoms with van der Waals surface area (Å²) in [6, 6.07) is 11.9. The fourth-order valence-corrected chi connectivity index (χ4v) is 4.25. The number of rotatable bonds is 4. The topological polar surface area (TPSA) is 109 Å². The second-order valence-corrected chi connectivity index (χ2v) is 7.25. The highest BCUT2D eigenvalue weighted by molar-refractivity contribution is 5.96. The highest BCUT2D eigenvalue weighted by Crippen LogP contribution is 2.43. The lowest BCUT2D eigenvalue weighted by atomic mass is 9.82. The van der Waals surface area contributed by atoms with E-state index in [0.717, 1.165) is 16.6 Å². The van der Waals surface area contributed by atoms with Crippen LogP contribution in [-0.4, -0.2) is 43.2 Å². The van der Waals surface area contributed by atoms with Crippen molar-refractivity contribution in [3.05, 3.63) is 82.0 Å². The zero-order valence-electron chi connectivity index (χ0n) is 15.9. The van der Waals surface area contributed by atoms with Gasteiger partial charge < -0.3 is 10.4 Å². The highest BCUT2D eigenvalue weighted by Gasteiger charge is 2.36. The molecule has 0 amide bonds. The van der Waals surface area contributed by atoms with Crippen molar-refractivity contribution in [1.29, 1.82) is 0 Å². The summed E-state index contributed by atoms with van der Waals surface area (Å²) in [6.07, 6.45) is 1.44. The Balaban J connectivity index is 1.79. The van der Waals surface area contributed by atoms with E-state index in [9.17, 15) is 14.3 Å². The summed E-state index contributed by atoms with van der Waals surface area (Å²) >= 11 is 0. The summed E-state index contributed by atoms with van der Waals surface area (Å²) in [4.78, 5) is 16.9. The molecule has 0 radical (unpaired) electrons. The summed E-state index contributed by atoms with van der Waals surface area (Å²) in [6.45, 7) is 0.711. The number of aliphatic hydroxyl groups excluding tert-OH is 1. The molecule has 30 heavy (non-hydrogen) atoms. The molecule has 1 aliphatic heterocycles. The molecule has 2 aromatic heterocycles. The molecule has 0 saturated heterocycles. The van der Waals surface area contributed by atoms with Gasteiger partial charge in [-0.15, -0.1) is 0 Å². The summed E-state index contributed by atoms with van der Waals surface area (Å²) in [5.74, 6) is -0.229. The van der Waals surface area contributed by atoms with E-state index in [1.165, 1.54) is 18.5 Å². The molecule has 2 atom stereocenters. The molecule has 3 heterocycles. The normalized spacial score (nSPS) is 18.2. The Hall–Kier alpha value is -3.59. The van der Waals surface area contributed by atoms with E-state index in [4.69, 9.17) is 0 Å². The van der Waals surface area contributed by atoms with Crippen molar-refractivity contribution >= 4 is 16.5 Å². The lowest BCUT2D eigenvalue weighted by Crippen LogP contribution is -2.24. The lowest BCUT2D eigenvalue weighted by molar-refractivity contribution is 0.265. The molecule has 4 aromatic rings. The Labute approximate surface area is 170 Å². The van der Waals surface area contributed by atoms with Crippen LogP contribution in [0.5, 0.6) is 0 Å². The number of H-pyrrole nitrogens is 1. The third kappa shape index (κ3) is 2.94. The average Bonchev–Trinajstić information content (AvgIpc) is 3.14. The summed E-state index contributed by atoms with van der Waals surface area (Å²) in [5.41, 5.74) is 2.10. The van der Waals surface area contributed by atoms with E-state index in [1.54, 1.807) is 22.9 Å². The molecule has 3 N–H and O–H groups in total. The molecule has 0 spiro atoms. The van der Waals surface area contributed by atoms with Crippen LogP contribution in [0, 0.1) is 5.82 Å². The van der Waals surface area contributed by atoms with Gasteiger partial charge in [0.2, 0.25) is 0 Å². The van der Waals surface area contributed by atoms with Crippen LogP contribution in [0.15, 0.2) is 53.6 Å². The molecule has 1 aliphatic rings. The van der Waals surface area contributed by atoms with Crippen molar-refractivity contribution in [3.8, 4) is 0 Å². The van der Waals surface area contributed by atoms with Crippen LogP contribution in [-0.2, 0) is 6.54 Å². The quantitative estimate of drug-likeness (QED) is 0.478. The predicted octanol–water partition coefficient (Wildman–Crippen LogP) is 1.99. The van der Waals surface area contributed by atoms with Crippen molar-refractivity contribution in [2.45, 2.75) is 18.4 Å². The van der Waals surface area contributed by atoms with Crippen LogP contribution in [0.25, 0.3) is 10.8 Å². The predicted molar refractivity (Wildman–Crippen MR) is 109 cm³/mol. The number of hydrogen-bond donors (Lipinski definition) is 3. The third-order valence-electron chi connectivity index (χ3n) is 5.59. The molecule has 0 saturated carbocycles. The van der Waals surface area contributed by atoms with Crippen LogP contribution in [0.3, 0.4) is 0 Å². The van der Waals surface area contributed by atoms with Gasteiger partial charge >= 0.3 is 0 Å². The standard InChI is InChI=1S/C21H19FN6O2/c22-13-6-4-12(5-7-13)15-10-23-16-3-1-2-14-17(16)19(26-27-21(14)30)18(15)20-24-11-25-28(20)8-9-29/h1-7,11,15,18,23,29H,8-10H2,(H,27,30).